The highest BCUT2D eigenvalue weighted by atomic mass is 32.2. The van der Waals surface area contributed by atoms with Gasteiger partial charge in [-0.25, -0.2) is 14.6 Å². The fourth-order valence-electron chi connectivity index (χ4n) is 9.79. The average Bonchev–Trinajstić information content (AvgIpc) is 3.82. The second kappa shape index (κ2) is 11.1. The predicted molar refractivity (Wildman–Crippen MR) is 188 cm³/mol. The van der Waals surface area contributed by atoms with E-state index in [1.807, 2.05) is 59.4 Å². The molecule has 2 saturated carbocycles. The van der Waals surface area contributed by atoms with Gasteiger partial charge in [0, 0.05) is 5.41 Å². The molecule has 0 spiro atoms. The van der Waals surface area contributed by atoms with Crippen molar-refractivity contribution in [3.8, 4) is 5.95 Å². The first-order valence-corrected chi connectivity index (χ1v) is 18.5. The number of fused-ring (bicyclic) bond motifs is 4. The number of ketones is 1. The topological polar surface area (TPSA) is 117 Å². The summed E-state index contributed by atoms with van der Waals surface area (Å²) < 4.78 is 3.83. The van der Waals surface area contributed by atoms with Crippen LogP contribution in [0.1, 0.15) is 64.6 Å². The molecule has 3 aliphatic rings. The van der Waals surface area contributed by atoms with Gasteiger partial charge in [-0.05, 0) is 91.2 Å². The highest BCUT2D eigenvalue weighted by molar-refractivity contribution is 8.01. The third kappa shape index (κ3) is 4.62. The predicted octanol–water partition coefficient (Wildman–Crippen LogP) is 7.24. The van der Waals surface area contributed by atoms with E-state index in [1.54, 1.807) is 11.3 Å². The van der Waals surface area contributed by atoms with Crippen molar-refractivity contribution < 1.29 is 15.0 Å². The number of carbonyl (C=O) groups is 1. The number of aliphatic hydroxyl groups is 2. The number of thiazole rings is 1. The molecule has 0 radical (unpaired) electrons. The average molecular weight is 668 g/mol. The van der Waals surface area contributed by atoms with Crippen molar-refractivity contribution in [2.75, 3.05) is 5.75 Å². The van der Waals surface area contributed by atoms with Gasteiger partial charge in [0.2, 0.25) is 5.95 Å². The SMILES string of the molecule is CCC1=Cc2c(cnn2-c2nc3ccccc3[nH]2)CC1(C)C1C(O)CC2(C)C(CCC2(O)C(=O)CSc2nc3ccccc3s2)C1C. The van der Waals surface area contributed by atoms with Crippen LogP contribution in [-0.4, -0.2) is 58.2 Å². The number of nitrogens with zero attached hydrogens (tertiary/aromatic N) is 4. The van der Waals surface area contributed by atoms with Crippen molar-refractivity contribution in [2.45, 2.75) is 75.8 Å². The summed E-state index contributed by atoms with van der Waals surface area (Å²) in [5.74, 6) is 0.918. The number of aromatic nitrogens is 5. The molecule has 2 fully saturated rings. The van der Waals surface area contributed by atoms with E-state index in [0.29, 0.717) is 18.8 Å². The van der Waals surface area contributed by atoms with Gasteiger partial charge < -0.3 is 15.2 Å². The number of aromatic amines is 1. The van der Waals surface area contributed by atoms with Crippen molar-refractivity contribution in [2.24, 2.45) is 28.6 Å². The molecule has 8 nitrogen and oxygen atoms in total. The Labute approximate surface area is 282 Å². The first-order chi connectivity index (χ1) is 22.6. The van der Waals surface area contributed by atoms with E-state index in [2.05, 4.69) is 43.7 Å². The third-order valence-electron chi connectivity index (χ3n) is 12.1. The zero-order valence-electron chi connectivity index (χ0n) is 27.2. The number of nitrogens with one attached hydrogen (secondary N) is 1. The maximum Gasteiger partial charge on any atom is 0.229 e. The highest BCUT2D eigenvalue weighted by Crippen LogP contribution is 2.65. The Morgan fingerprint density at radius 1 is 1.13 bits per heavy atom. The first kappa shape index (κ1) is 31.0. The van der Waals surface area contributed by atoms with Crippen LogP contribution in [0.25, 0.3) is 33.3 Å². The van der Waals surface area contributed by atoms with Crippen LogP contribution < -0.4 is 0 Å². The lowest BCUT2D eigenvalue weighted by atomic mass is 9.49. The molecule has 2 aromatic carbocycles. The van der Waals surface area contributed by atoms with Crippen LogP contribution in [0.5, 0.6) is 0 Å². The molecule has 0 amide bonds. The van der Waals surface area contributed by atoms with Crippen LogP contribution in [0.3, 0.4) is 0 Å². The molecule has 47 heavy (non-hydrogen) atoms. The number of para-hydroxylation sites is 3. The lowest BCUT2D eigenvalue weighted by Gasteiger charge is -2.57. The number of allylic oxidation sites excluding steroid dienone is 1. The molecule has 3 aliphatic carbocycles. The summed E-state index contributed by atoms with van der Waals surface area (Å²) in [7, 11) is 0. The fraction of sp³-hybridized carbons (Fsp3) is 0.459. The van der Waals surface area contributed by atoms with Crippen molar-refractivity contribution >= 4 is 56.2 Å². The van der Waals surface area contributed by atoms with Crippen LogP contribution in [0, 0.1) is 28.6 Å². The summed E-state index contributed by atoms with van der Waals surface area (Å²) in [4.78, 5) is 26.8. The van der Waals surface area contributed by atoms with Gasteiger partial charge in [-0.15, -0.1) is 11.3 Å². The van der Waals surface area contributed by atoms with Crippen LogP contribution in [0.4, 0.5) is 0 Å². The standard InChI is InChI=1S/C37H41N5O3S2/c1-5-23-16-28-22(19-38-42(28)33-39-25-10-6-7-11-26(25)40-33)17-35(23,3)32-21(2)24-14-15-37(45,36(24,4)18-29(32)43)31(44)20-46-34-41-27-12-8-9-13-30(27)47-34/h6-13,16,19,21,24,29,32,43,45H,5,14-15,17-18,20H2,1-4H3,(H,39,40). The molecule has 10 heteroatoms. The monoisotopic (exact) mass is 667 g/mol. The van der Waals surface area contributed by atoms with Crippen LogP contribution in [-0.2, 0) is 11.2 Å². The molecule has 3 N–H and O–H groups in total. The smallest absolute Gasteiger partial charge is 0.229 e. The number of imidazole rings is 1. The largest absolute Gasteiger partial charge is 0.393 e. The minimum Gasteiger partial charge on any atom is -0.393 e. The van der Waals surface area contributed by atoms with Crippen molar-refractivity contribution in [1.82, 2.24) is 24.7 Å². The normalized spacial score (nSPS) is 32.0. The number of hydrogen-bond acceptors (Lipinski definition) is 8. The number of benzene rings is 2. The second-order valence-corrected chi connectivity index (χ2v) is 16.7. The number of aliphatic hydroxyl groups excluding tert-OH is 1. The van der Waals surface area contributed by atoms with Crippen molar-refractivity contribution in [3.05, 3.63) is 71.6 Å². The minimum absolute atomic E-state index is 0.0240. The number of H-pyrrole nitrogens is 1. The zero-order valence-corrected chi connectivity index (χ0v) is 28.9. The zero-order chi connectivity index (χ0) is 32.7. The minimum atomic E-state index is -1.47. The lowest BCUT2D eigenvalue weighted by molar-refractivity contribution is -0.171. The maximum atomic E-state index is 13.9. The van der Waals surface area contributed by atoms with E-state index >= 15 is 0 Å². The molecule has 7 unspecified atom stereocenters. The lowest BCUT2D eigenvalue weighted by Crippen LogP contribution is -2.60. The Balaban J connectivity index is 1.05. The molecule has 0 bridgehead atoms. The molecule has 3 aromatic heterocycles. The van der Waals surface area contributed by atoms with Gasteiger partial charge in [0.05, 0.1) is 45.0 Å². The number of Topliss-reactive ketones (excluding diaryl/α,β-unsaturated/α-hetero) is 1. The summed E-state index contributed by atoms with van der Waals surface area (Å²) in [6, 6.07) is 16.0. The molecule has 0 saturated heterocycles. The second-order valence-electron chi connectivity index (χ2n) is 14.4. The summed E-state index contributed by atoms with van der Waals surface area (Å²) in [6.07, 6.45) is 6.77. The maximum absolute atomic E-state index is 13.9. The molecule has 0 aliphatic heterocycles. The molecule has 3 heterocycles. The highest BCUT2D eigenvalue weighted by Gasteiger charge is 2.66. The Morgan fingerprint density at radius 2 is 1.89 bits per heavy atom. The third-order valence-corrected chi connectivity index (χ3v) is 14.3. The van der Waals surface area contributed by atoms with Gasteiger partial charge >= 0.3 is 0 Å². The molecule has 7 atom stereocenters. The number of thioether (sulfide) groups is 1. The van der Waals surface area contributed by atoms with Gasteiger partial charge in [-0.3, -0.25) is 4.79 Å². The van der Waals surface area contributed by atoms with E-state index < -0.39 is 17.1 Å². The summed E-state index contributed by atoms with van der Waals surface area (Å²) in [5, 5.41) is 29.1. The Kier molecular flexibility index (Phi) is 7.33. The van der Waals surface area contributed by atoms with E-state index in [0.717, 1.165) is 56.1 Å². The van der Waals surface area contributed by atoms with E-state index in [-0.39, 0.29) is 34.7 Å². The summed E-state index contributed by atoms with van der Waals surface area (Å²) in [6.45, 7) is 8.79. The summed E-state index contributed by atoms with van der Waals surface area (Å²) >= 11 is 2.99. The van der Waals surface area contributed by atoms with E-state index in [1.165, 1.54) is 17.3 Å². The quantitative estimate of drug-likeness (QED) is 0.157. The molecule has 5 aromatic rings. The van der Waals surface area contributed by atoms with E-state index in [9.17, 15) is 15.0 Å². The van der Waals surface area contributed by atoms with Gasteiger partial charge in [0.1, 0.15) is 5.60 Å². The van der Waals surface area contributed by atoms with Crippen LogP contribution in [0.2, 0.25) is 0 Å². The first-order valence-electron chi connectivity index (χ1n) is 16.7. The number of carbonyl (C=O) groups excluding carboxylic acids is 1. The molecular formula is C37H41N5O3S2. The molecule has 244 valence electrons. The van der Waals surface area contributed by atoms with Gasteiger partial charge in [-0.2, -0.15) is 5.10 Å². The fourth-order valence-corrected chi connectivity index (χ4v) is 11.8. The van der Waals surface area contributed by atoms with Gasteiger partial charge in [-0.1, -0.05) is 69.3 Å². The van der Waals surface area contributed by atoms with Crippen molar-refractivity contribution in [1.29, 1.82) is 0 Å². The van der Waals surface area contributed by atoms with Gasteiger partial charge in [0.15, 0.2) is 10.1 Å². The Morgan fingerprint density at radius 3 is 2.66 bits per heavy atom. The number of hydrogen-bond donors (Lipinski definition) is 3. The Hall–Kier alpha value is -3.31. The molecule has 8 rings (SSSR count). The van der Waals surface area contributed by atoms with Crippen LogP contribution >= 0.6 is 23.1 Å². The van der Waals surface area contributed by atoms with Crippen LogP contribution in [0.15, 0.2) is 64.6 Å². The van der Waals surface area contributed by atoms with E-state index in [4.69, 9.17) is 10.1 Å². The van der Waals surface area contributed by atoms with Crippen molar-refractivity contribution in [3.63, 3.8) is 0 Å². The van der Waals surface area contributed by atoms with Gasteiger partial charge in [0.25, 0.3) is 0 Å². The summed E-state index contributed by atoms with van der Waals surface area (Å²) in [5.41, 5.74) is 3.80. The number of rotatable bonds is 7. The molecular weight excluding hydrogens is 627 g/mol. The Bertz CT molecular complexity index is 1980.